The molecule has 0 bridgehead atoms. The summed E-state index contributed by atoms with van der Waals surface area (Å²) < 4.78 is 15.8. The van der Waals surface area contributed by atoms with Gasteiger partial charge in [0, 0.05) is 4.47 Å². The van der Waals surface area contributed by atoms with Gasteiger partial charge in [-0.1, -0.05) is 15.9 Å². The molecule has 4 nitrogen and oxygen atoms in total. The Balaban J connectivity index is 1.94. The Labute approximate surface area is 143 Å². The summed E-state index contributed by atoms with van der Waals surface area (Å²) >= 11 is 4.84. The highest BCUT2D eigenvalue weighted by atomic mass is 79.9. The van der Waals surface area contributed by atoms with Crippen LogP contribution in [0, 0.1) is 12.7 Å². The van der Waals surface area contributed by atoms with Gasteiger partial charge in [-0.05, 0) is 37.3 Å². The molecule has 2 aromatic heterocycles. The van der Waals surface area contributed by atoms with Crippen LogP contribution < -0.4 is 5.32 Å². The predicted octanol–water partition coefficient (Wildman–Crippen LogP) is 5.19. The van der Waals surface area contributed by atoms with Crippen molar-refractivity contribution in [2.45, 2.75) is 6.92 Å². The number of hydrogen-bond donors (Lipinski definition) is 1. The molecule has 1 N–H and O–H groups in total. The van der Waals surface area contributed by atoms with E-state index in [-0.39, 0.29) is 5.82 Å². The van der Waals surface area contributed by atoms with Crippen LogP contribution in [0.2, 0.25) is 0 Å². The van der Waals surface area contributed by atoms with Gasteiger partial charge in [0.25, 0.3) is 0 Å². The summed E-state index contributed by atoms with van der Waals surface area (Å²) in [6, 6.07) is 8.71. The standard InChI is InChI=1S/C16H10BrFN4S/c1-8-21-13-5-4-12-14(15(13)23-8)16(20-7-19-12)22-11-3-2-9(17)6-10(11)18/h2-7H,1H3,(H,19,20,22). The van der Waals surface area contributed by atoms with Gasteiger partial charge in [-0.3, -0.25) is 0 Å². The zero-order chi connectivity index (χ0) is 16.0. The van der Waals surface area contributed by atoms with Crippen LogP contribution in [-0.4, -0.2) is 15.0 Å². The summed E-state index contributed by atoms with van der Waals surface area (Å²) in [5, 5.41) is 4.90. The molecule has 114 valence electrons. The van der Waals surface area contributed by atoms with Gasteiger partial charge in [0.1, 0.15) is 18.0 Å². The zero-order valence-electron chi connectivity index (χ0n) is 12.0. The van der Waals surface area contributed by atoms with Crippen molar-refractivity contribution >= 4 is 59.9 Å². The third-order valence-electron chi connectivity index (χ3n) is 3.45. The summed E-state index contributed by atoms with van der Waals surface area (Å²) in [5.74, 6) is 0.226. The van der Waals surface area contributed by atoms with Crippen LogP contribution in [0.4, 0.5) is 15.9 Å². The highest BCUT2D eigenvalue weighted by Crippen LogP contribution is 2.34. The first-order valence-corrected chi connectivity index (χ1v) is 8.46. The fraction of sp³-hybridized carbons (Fsp3) is 0.0625. The maximum absolute atomic E-state index is 14.1. The Kier molecular flexibility index (Phi) is 3.46. The molecule has 4 rings (SSSR count). The Bertz CT molecular complexity index is 1050. The minimum Gasteiger partial charge on any atom is -0.337 e. The number of nitrogens with zero attached hydrogens (tertiary/aromatic N) is 3. The van der Waals surface area contributed by atoms with E-state index >= 15 is 0 Å². The lowest BCUT2D eigenvalue weighted by atomic mass is 10.2. The van der Waals surface area contributed by atoms with E-state index in [0.29, 0.717) is 16.0 Å². The Morgan fingerprint density at radius 3 is 2.78 bits per heavy atom. The van der Waals surface area contributed by atoms with Gasteiger partial charge in [-0.15, -0.1) is 11.3 Å². The molecule has 0 unspecified atom stereocenters. The maximum atomic E-state index is 14.1. The van der Waals surface area contributed by atoms with Gasteiger partial charge in [0.15, 0.2) is 0 Å². The Morgan fingerprint density at radius 2 is 1.96 bits per heavy atom. The first-order chi connectivity index (χ1) is 11.1. The monoisotopic (exact) mass is 388 g/mol. The van der Waals surface area contributed by atoms with Crippen LogP contribution in [0.25, 0.3) is 21.1 Å². The zero-order valence-corrected chi connectivity index (χ0v) is 14.4. The molecule has 0 aliphatic heterocycles. The van der Waals surface area contributed by atoms with Crippen molar-refractivity contribution < 1.29 is 4.39 Å². The van der Waals surface area contributed by atoms with Gasteiger partial charge < -0.3 is 5.32 Å². The van der Waals surface area contributed by atoms with E-state index in [1.165, 1.54) is 12.4 Å². The van der Waals surface area contributed by atoms with E-state index in [0.717, 1.165) is 26.1 Å². The molecule has 0 atom stereocenters. The number of hydrogen-bond acceptors (Lipinski definition) is 5. The molecule has 0 aliphatic rings. The van der Waals surface area contributed by atoms with Crippen LogP contribution in [0.1, 0.15) is 5.01 Å². The molecule has 0 spiro atoms. The van der Waals surface area contributed by atoms with E-state index in [4.69, 9.17) is 0 Å². The fourth-order valence-electron chi connectivity index (χ4n) is 2.46. The molecule has 0 radical (unpaired) electrons. The van der Waals surface area contributed by atoms with Gasteiger partial charge in [-0.2, -0.15) is 0 Å². The summed E-state index contributed by atoms with van der Waals surface area (Å²) in [7, 11) is 0. The lowest BCUT2D eigenvalue weighted by Gasteiger charge is -2.09. The molecular weight excluding hydrogens is 379 g/mol. The lowest BCUT2D eigenvalue weighted by molar-refractivity contribution is 0.631. The van der Waals surface area contributed by atoms with Crippen LogP contribution in [0.3, 0.4) is 0 Å². The molecule has 7 heteroatoms. The highest BCUT2D eigenvalue weighted by Gasteiger charge is 2.13. The summed E-state index contributed by atoms with van der Waals surface area (Å²) in [4.78, 5) is 13.1. The average Bonchev–Trinajstić information content (AvgIpc) is 2.90. The van der Waals surface area contributed by atoms with Gasteiger partial charge in [0.2, 0.25) is 0 Å². The molecule has 0 saturated carbocycles. The maximum Gasteiger partial charge on any atom is 0.147 e. The molecule has 0 saturated heterocycles. The van der Waals surface area contributed by atoms with Crippen molar-refractivity contribution in [1.82, 2.24) is 15.0 Å². The normalized spacial score (nSPS) is 11.3. The molecule has 0 amide bonds. The van der Waals surface area contributed by atoms with Crippen LogP contribution >= 0.6 is 27.3 Å². The quantitative estimate of drug-likeness (QED) is 0.513. The highest BCUT2D eigenvalue weighted by molar-refractivity contribution is 9.10. The Hall–Kier alpha value is -2.12. The smallest absolute Gasteiger partial charge is 0.147 e. The number of halogens is 2. The van der Waals surface area contributed by atoms with Gasteiger partial charge >= 0.3 is 0 Å². The third-order valence-corrected chi connectivity index (χ3v) is 4.94. The van der Waals surface area contributed by atoms with E-state index in [9.17, 15) is 4.39 Å². The van der Waals surface area contributed by atoms with Crippen molar-refractivity contribution in [3.63, 3.8) is 0 Å². The first-order valence-electron chi connectivity index (χ1n) is 6.85. The van der Waals surface area contributed by atoms with E-state index in [1.54, 1.807) is 23.5 Å². The van der Waals surface area contributed by atoms with Gasteiger partial charge in [0.05, 0.1) is 31.8 Å². The number of nitrogens with one attached hydrogen (secondary N) is 1. The molecule has 4 aromatic rings. The molecule has 23 heavy (non-hydrogen) atoms. The number of anilines is 2. The molecular formula is C16H10BrFN4S. The van der Waals surface area contributed by atoms with Crippen molar-refractivity contribution in [2.75, 3.05) is 5.32 Å². The minimum atomic E-state index is -0.348. The van der Waals surface area contributed by atoms with E-state index in [2.05, 4.69) is 36.2 Å². The lowest BCUT2D eigenvalue weighted by Crippen LogP contribution is -1.98. The van der Waals surface area contributed by atoms with Crippen molar-refractivity contribution in [3.8, 4) is 0 Å². The number of aromatic nitrogens is 3. The number of benzene rings is 2. The molecule has 2 aromatic carbocycles. The van der Waals surface area contributed by atoms with Gasteiger partial charge in [-0.25, -0.2) is 19.3 Å². The topological polar surface area (TPSA) is 50.7 Å². The first kappa shape index (κ1) is 14.5. The summed E-state index contributed by atoms with van der Waals surface area (Å²) in [6.45, 7) is 1.96. The van der Waals surface area contributed by atoms with Crippen LogP contribution in [0.5, 0.6) is 0 Å². The third kappa shape index (κ3) is 2.55. The minimum absolute atomic E-state index is 0.348. The SMILES string of the molecule is Cc1nc2ccc3ncnc(Nc4ccc(Br)cc4F)c3c2s1. The van der Waals surface area contributed by atoms with Crippen LogP contribution in [0.15, 0.2) is 41.1 Å². The molecule has 0 fully saturated rings. The molecule has 0 aliphatic carbocycles. The predicted molar refractivity (Wildman–Crippen MR) is 94.8 cm³/mol. The molecule has 2 heterocycles. The second-order valence-corrected chi connectivity index (χ2v) is 7.13. The second kappa shape index (κ2) is 5.50. The number of aryl methyl sites for hydroxylation is 1. The van der Waals surface area contributed by atoms with E-state index < -0.39 is 0 Å². The van der Waals surface area contributed by atoms with E-state index in [1.807, 2.05) is 19.1 Å². The largest absolute Gasteiger partial charge is 0.337 e. The fourth-order valence-corrected chi connectivity index (χ4v) is 3.75. The number of rotatable bonds is 2. The van der Waals surface area contributed by atoms with Crippen molar-refractivity contribution in [3.05, 3.63) is 52.0 Å². The Morgan fingerprint density at radius 1 is 1.13 bits per heavy atom. The summed E-state index contributed by atoms with van der Waals surface area (Å²) in [5.41, 5.74) is 2.07. The average molecular weight is 389 g/mol. The number of thiazole rings is 1. The second-order valence-electron chi connectivity index (χ2n) is 5.01. The van der Waals surface area contributed by atoms with Crippen molar-refractivity contribution in [1.29, 1.82) is 0 Å². The van der Waals surface area contributed by atoms with Crippen molar-refractivity contribution in [2.24, 2.45) is 0 Å². The summed E-state index contributed by atoms with van der Waals surface area (Å²) in [6.07, 6.45) is 1.47. The number of fused-ring (bicyclic) bond motifs is 3. The van der Waals surface area contributed by atoms with Crippen LogP contribution in [-0.2, 0) is 0 Å².